The topological polar surface area (TPSA) is 59.4 Å². The summed E-state index contributed by atoms with van der Waals surface area (Å²) in [5.74, 6) is -0.623. The fourth-order valence-electron chi connectivity index (χ4n) is 2.62. The molecule has 1 heterocycles. The van der Waals surface area contributed by atoms with Crippen molar-refractivity contribution in [3.05, 3.63) is 101 Å². The molecule has 0 aliphatic heterocycles. The first-order valence-corrected chi connectivity index (χ1v) is 9.16. The van der Waals surface area contributed by atoms with Gasteiger partial charge in [0.1, 0.15) is 0 Å². The molecule has 0 saturated heterocycles. The van der Waals surface area contributed by atoms with E-state index < -0.39 is 5.97 Å². The maximum absolute atomic E-state index is 12.6. The molecular formula is C22H15NO3S. The molecular weight excluding hydrogens is 358 g/mol. The number of fused-ring (bicyclic) bond motifs is 1. The molecule has 4 nitrogen and oxygen atoms in total. The van der Waals surface area contributed by atoms with Crippen LogP contribution in [0, 0.1) is 0 Å². The van der Waals surface area contributed by atoms with Gasteiger partial charge in [-0.3, -0.25) is 0 Å². The number of esters is 1. The number of thiazole rings is 1. The van der Waals surface area contributed by atoms with Gasteiger partial charge in [-0.25, -0.2) is 9.78 Å². The Hall–Kier alpha value is -3.44. The van der Waals surface area contributed by atoms with Crippen LogP contribution in [-0.2, 0) is 4.74 Å². The van der Waals surface area contributed by atoms with Gasteiger partial charge in [-0.1, -0.05) is 60.7 Å². The van der Waals surface area contributed by atoms with Crippen molar-refractivity contribution in [2.24, 2.45) is 0 Å². The number of carbonyl (C=O) groups excluding carboxylic acids is 1. The van der Waals surface area contributed by atoms with E-state index in [1.165, 1.54) is 11.3 Å². The van der Waals surface area contributed by atoms with E-state index in [4.69, 9.17) is 4.74 Å². The molecule has 1 N–H and O–H groups in total. The number of rotatable bonds is 4. The van der Waals surface area contributed by atoms with Crippen LogP contribution in [0.3, 0.4) is 0 Å². The third-order valence-corrected chi connectivity index (χ3v) is 4.99. The van der Waals surface area contributed by atoms with Crippen molar-refractivity contribution in [2.45, 2.75) is 0 Å². The van der Waals surface area contributed by atoms with Gasteiger partial charge in [0.15, 0.2) is 10.8 Å². The van der Waals surface area contributed by atoms with Gasteiger partial charge in [-0.2, -0.15) is 0 Å². The largest absolute Gasteiger partial charge is 0.504 e. The molecule has 0 aliphatic carbocycles. The number of benzene rings is 3. The fourth-order valence-corrected chi connectivity index (χ4v) is 3.56. The highest BCUT2D eigenvalue weighted by Gasteiger charge is 2.21. The second kappa shape index (κ2) is 7.43. The molecule has 0 aliphatic rings. The summed E-state index contributed by atoms with van der Waals surface area (Å²) in [6.07, 6.45) is 0. The number of hydrogen-bond donors (Lipinski definition) is 1. The lowest BCUT2D eigenvalue weighted by Crippen LogP contribution is -2.06. The molecule has 4 aromatic rings. The summed E-state index contributed by atoms with van der Waals surface area (Å²) in [6, 6.07) is 25.3. The number of aromatic nitrogens is 1. The van der Waals surface area contributed by atoms with E-state index in [2.05, 4.69) is 4.98 Å². The maximum Gasteiger partial charge on any atom is 0.343 e. The van der Waals surface area contributed by atoms with Gasteiger partial charge in [0.05, 0.1) is 15.8 Å². The quantitative estimate of drug-likeness (QED) is 0.377. The summed E-state index contributed by atoms with van der Waals surface area (Å²) in [6.45, 7) is 0. The Balaban J connectivity index is 1.81. The molecule has 4 rings (SSSR count). The lowest BCUT2D eigenvalue weighted by molar-refractivity contribution is 0.0690. The molecule has 132 valence electrons. The first-order valence-electron chi connectivity index (χ1n) is 8.34. The SMILES string of the molecule is O=C(O/C(=C(/O)c1ccccc1)c1nc2ccccc2s1)c1ccccc1. The molecule has 0 atom stereocenters. The number of nitrogens with zero attached hydrogens (tertiary/aromatic N) is 1. The summed E-state index contributed by atoms with van der Waals surface area (Å²) < 4.78 is 6.55. The van der Waals surface area contributed by atoms with Crippen LogP contribution >= 0.6 is 11.3 Å². The number of hydrogen-bond acceptors (Lipinski definition) is 5. The third-order valence-electron chi connectivity index (χ3n) is 3.95. The highest BCUT2D eigenvalue weighted by Crippen LogP contribution is 2.32. The van der Waals surface area contributed by atoms with Crippen molar-refractivity contribution < 1.29 is 14.6 Å². The Morgan fingerprint density at radius 1 is 0.815 bits per heavy atom. The van der Waals surface area contributed by atoms with E-state index in [1.54, 1.807) is 48.5 Å². The Labute approximate surface area is 160 Å². The van der Waals surface area contributed by atoms with Crippen molar-refractivity contribution in [1.29, 1.82) is 0 Å². The molecule has 0 unspecified atom stereocenters. The lowest BCUT2D eigenvalue weighted by Gasteiger charge is -2.10. The van der Waals surface area contributed by atoms with Crippen LogP contribution in [0.15, 0.2) is 84.9 Å². The zero-order valence-electron chi connectivity index (χ0n) is 14.2. The van der Waals surface area contributed by atoms with E-state index in [1.807, 2.05) is 36.4 Å². The van der Waals surface area contributed by atoms with Gasteiger partial charge < -0.3 is 9.84 Å². The Morgan fingerprint density at radius 3 is 2.07 bits per heavy atom. The first-order chi connectivity index (χ1) is 13.2. The van der Waals surface area contributed by atoms with Gasteiger partial charge in [0.2, 0.25) is 5.76 Å². The monoisotopic (exact) mass is 373 g/mol. The minimum atomic E-state index is -0.549. The van der Waals surface area contributed by atoms with Crippen LogP contribution in [0.1, 0.15) is 20.9 Å². The van der Waals surface area contributed by atoms with Gasteiger partial charge in [0.25, 0.3) is 0 Å². The second-order valence-corrected chi connectivity index (χ2v) is 6.82. The molecule has 0 fully saturated rings. The zero-order chi connectivity index (χ0) is 18.6. The number of ether oxygens (including phenoxy) is 1. The fraction of sp³-hybridized carbons (Fsp3) is 0. The molecule has 0 bridgehead atoms. The number of aliphatic hydroxyl groups is 1. The van der Waals surface area contributed by atoms with Crippen molar-refractivity contribution in [3.8, 4) is 0 Å². The summed E-state index contributed by atoms with van der Waals surface area (Å²) in [5, 5.41) is 11.3. The molecule has 3 aromatic carbocycles. The summed E-state index contributed by atoms with van der Waals surface area (Å²) in [7, 11) is 0. The van der Waals surface area contributed by atoms with Crippen LogP contribution < -0.4 is 0 Å². The van der Waals surface area contributed by atoms with Crippen molar-refractivity contribution in [2.75, 3.05) is 0 Å². The van der Waals surface area contributed by atoms with Crippen LogP contribution in [0.4, 0.5) is 0 Å². The van der Waals surface area contributed by atoms with Crippen molar-refractivity contribution >= 4 is 39.0 Å². The minimum absolute atomic E-state index is 0.0521. The number of para-hydroxylation sites is 1. The van der Waals surface area contributed by atoms with E-state index >= 15 is 0 Å². The summed E-state index contributed by atoms with van der Waals surface area (Å²) >= 11 is 1.36. The molecule has 0 radical (unpaired) electrons. The van der Waals surface area contributed by atoms with Crippen LogP contribution in [0.5, 0.6) is 0 Å². The van der Waals surface area contributed by atoms with Crippen LogP contribution in [0.25, 0.3) is 21.7 Å². The highest BCUT2D eigenvalue weighted by atomic mass is 32.1. The average Bonchev–Trinajstić information content (AvgIpc) is 3.16. The molecule has 0 spiro atoms. The van der Waals surface area contributed by atoms with Gasteiger partial charge in [-0.05, 0) is 24.3 Å². The normalized spacial score (nSPS) is 11.9. The Kier molecular flexibility index (Phi) is 4.68. The van der Waals surface area contributed by atoms with Gasteiger partial charge >= 0.3 is 5.97 Å². The molecule has 0 amide bonds. The predicted molar refractivity (Wildman–Crippen MR) is 107 cm³/mol. The van der Waals surface area contributed by atoms with E-state index in [-0.39, 0.29) is 11.5 Å². The molecule has 1 aromatic heterocycles. The smallest absolute Gasteiger partial charge is 0.343 e. The van der Waals surface area contributed by atoms with Crippen molar-refractivity contribution in [1.82, 2.24) is 4.98 Å². The number of carbonyl (C=O) groups is 1. The summed E-state index contributed by atoms with van der Waals surface area (Å²) in [5.41, 5.74) is 1.73. The van der Waals surface area contributed by atoms with E-state index in [9.17, 15) is 9.90 Å². The van der Waals surface area contributed by atoms with Crippen LogP contribution in [0.2, 0.25) is 0 Å². The van der Waals surface area contributed by atoms with Gasteiger partial charge in [-0.15, -0.1) is 11.3 Å². The van der Waals surface area contributed by atoms with Gasteiger partial charge in [0, 0.05) is 5.56 Å². The average molecular weight is 373 g/mol. The molecule has 5 heteroatoms. The molecule has 27 heavy (non-hydrogen) atoms. The van der Waals surface area contributed by atoms with E-state index in [0.717, 1.165) is 10.2 Å². The Morgan fingerprint density at radius 2 is 1.41 bits per heavy atom. The van der Waals surface area contributed by atoms with Crippen LogP contribution in [-0.4, -0.2) is 16.1 Å². The summed E-state index contributed by atoms with van der Waals surface area (Å²) in [4.78, 5) is 17.1. The third kappa shape index (κ3) is 3.59. The zero-order valence-corrected chi connectivity index (χ0v) is 15.0. The van der Waals surface area contributed by atoms with E-state index in [0.29, 0.717) is 16.1 Å². The standard InChI is InChI=1S/C22H15NO3S/c24-19(15-9-3-1-4-10-15)20(26-22(25)16-11-5-2-6-12-16)21-23-17-13-7-8-14-18(17)27-21/h1-14,24H/b20-19+. The Bertz CT molecular complexity index is 1080. The highest BCUT2D eigenvalue weighted by molar-refractivity contribution is 7.19. The predicted octanol–water partition coefficient (Wildman–Crippen LogP) is 5.54. The van der Waals surface area contributed by atoms with Crippen molar-refractivity contribution in [3.63, 3.8) is 0 Å². The number of aliphatic hydroxyl groups excluding tert-OH is 1. The first kappa shape index (κ1) is 17.0. The minimum Gasteiger partial charge on any atom is -0.504 e. The molecule has 0 saturated carbocycles. The maximum atomic E-state index is 12.6. The second-order valence-electron chi connectivity index (χ2n) is 5.79. The lowest BCUT2D eigenvalue weighted by atomic mass is 10.1.